The molecule has 3 aromatic rings. The van der Waals surface area contributed by atoms with Crippen LogP contribution in [0.15, 0.2) is 47.8 Å². The quantitative estimate of drug-likeness (QED) is 0.531. The smallest absolute Gasteiger partial charge is 0.233 e. The highest BCUT2D eigenvalue weighted by Crippen LogP contribution is 2.25. The van der Waals surface area contributed by atoms with E-state index in [9.17, 15) is 4.79 Å². The monoisotopic (exact) mass is 443 g/mol. The number of likely N-dealkylation sites (tertiary alicyclic amines) is 1. The molecule has 0 bridgehead atoms. The first-order valence-electron chi connectivity index (χ1n) is 10.3. The molecule has 0 saturated carbocycles. The van der Waals surface area contributed by atoms with Gasteiger partial charge in [0.25, 0.3) is 0 Å². The average molecular weight is 444 g/mol. The lowest BCUT2D eigenvalue weighted by Gasteiger charge is -2.20. The Balaban J connectivity index is 1.56. The summed E-state index contributed by atoms with van der Waals surface area (Å²) in [6.45, 7) is 1.73. The number of carbonyl (C=O) groups is 1. The minimum atomic E-state index is 0.177. The Labute approximate surface area is 186 Å². The molecule has 30 heavy (non-hydrogen) atoms. The van der Waals surface area contributed by atoms with Crippen LogP contribution in [0.5, 0.6) is 0 Å². The summed E-state index contributed by atoms with van der Waals surface area (Å²) >= 11 is 7.54. The van der Waals surface area contributed by atoms with E-state index in [1.807, 2.05) is 53.0 Å². The molecular weight excluding hydrogens is 418 g/mol. The molecular formula is C22H26ClN5OS. The van der Waals surface area contributed by atoms with E-state index < -0.39 is 0 Å². The van der Waals surface area contributed by atoms with Gasteiger partial charge in [0.1, 0.15) is 5.82 Å². The third kappa shape index (κ3) is 4.90. The third-order valence-corrected chi connectivity index (χ3v) is 6.62. The molecule has 2 aromatic heterocycles. The van der Waals surface area contributed by atoms with E-state index in [1.54, 1.807) is 0 Å². The zero-order valence-corrected chi connectivity index (χ0v) is 18.7. The van der Waals surface area contributed by atoms with Crippen LogP contribution in [0, 0.1) is 0 Å². The normalized spacial score (nSPS) is 14.7. The molecule has 1 fully saturated rings. The highest BCUT2D eigenvalue weighted by Gasteiger charge is 2.20. The van der Waals surface area contributed by atoms with Gasteiger partial charge in [0, 0.05) is 49.2 Å². The summed E-state index contributed by atoms with van der Waals surface area (Å²) in [6, 6.07) is 11.7. The first-order chi connectivity index (χ1) is 14.6. The predicted molar refractivity (Wildman–Crippen MR) is 120 cm³/mol. The van der Waals surface area contributed by atoms with Gasteiger partial charge >= 0.3 is 0 Å². The maximum absolute atomic E-state index is 12.8. The highest BCUT2D eigenvalue weighted by atomic mass is 35.5. The summed E-state index contributed by atoms with van der Waals surface area (Å²) < 4.78 is 4.11. The lowest BCUT2D eigenvalue weighted by atomic mass is 10.2. The van der Waals surface area contributed by atoms with Crippen molar-refractivity contribution in [1.82, 2.24) is 24.2 Å². The zero-order valence-electron chi connectivity index (χ0n) is 17.1. The summed E-state index contributed by atoms with van der Waals surface area (Å²) in [5.41, 5.74) is 2.09. The largest absolute Gasteiger partial charge is 0.354 e. The molecule has 3 heterocycles. The van der Waals surface area contributed by atoms with Crippen molar-refractivity contribution in [3.8, 4) is 5.69 Å². The van der Waals surface area contributed by atoms with Crippen LogP contribution in [0.2, 0.25) is 5.02 Å². The van der Waals surface area contributed by atoms with E-state index in [2.05, 4.69) is 20.8 Å². The molecule has 0 unspecified atom stereocenters. The van der Waals surface area contributed by atoms with Gasteiger partial charge < -0.3 is 9.47 Å². The maximum Gasteiger partial charge on any atom is 0.233 e. The van der Waals surface area contributed by atoms with Gasteiger partial charge in [0.05, 0.1) is 5.75 Å². The van der Waals surface area contributed by atoms with Gasteiger partial charge in [0.2, 0.25) is 5.91 Å². The Hall–Kier alpha value is -2.25. The van der Waals surface area contributed by atoms with Gasteiger partial charge in [-0.2, -0.15) is 0 Å². The van der Waals surface area contributed by atoms with Crippen molar-refractivity contribution in [3.63, 3.8) is 0 Å². The first-order valence-corrected chi connectivity index (χ1v) is 11.7. The number of nitrogens with zero attached hydrogens (tertiary/aromatic N) is 5. The van der Waals surface area contributed by atoms with Crippen LogP contribution < -0.4 is 0 Å². The second kappa shape index (κ2) is 9.71. The van der Waals surface area contributed by atoms with E-state index >= 15 is 0 Å². The average Bonchev–Trinajstić information content (AvgIpc) is 3.22. The topological polar surface area (TPSA) is 56.0 Å². The number of aryl methyl sites for hydroxylation is 1. The van der Waals surface area contributed by atoms with E-state index in [-0.39, 0.29) is 5.91 Å². The summed E-state index contributed by atoms with van der Waals surface area (Å²) in [4.78, 5) is 14.7. The molecule has 4 rings (SSSR count). The second-order valence-electron chi connectivity index (χ2n) is 7.58. The minimum absolute atomic E-state index is 0.177. The predicted octanol–water partition coefficient (Wildman–Crippen LogP) is 4.34. The molecule has 0 radical (unpaired) electrons. The number of benzene rings is 1. The number of hydrogen-bond acceptors (Lipinski definition) is 4. The van der Waals surface area contributed by atoms with E-state index in [0.717, 1.165) is 48.3 Å². The first kappa shape index (κ1) is 21.0. The Kier molecular flexibility index (Phi) is 6.79. The lowest BCUT2D eigenvalue weighted by Crippen LogP contribution is -2.33. The number of amides is 1. The Bertz CT molecular complexity index is 989. The lowest BCUT2D eigenvalue weighted by molar-refractivity contribution is -0.128. The van der Waals surface area contributed by atoms with E-state index in [1.165, 1.54) is 24.6 Å². The number of thioether (sulfide) groups is 1. The van der Waals surface area contributed by atoms with Gasteiger partial charge in [-0.1, -0.05) is 36.2 Å². The molecule has 1 aromatic carbocycles. The molecule has 6 nitrogen and oxygen atoms in total. The number of aromatic nitrogens is 4. The molecule has 8 heteroatoms. The Morgan fingerprint density at radius 3 is 2.47 bits per heavy atom. The number of halogens is 1. The third-order valence-electron chi connectivity index (χ3n) is 5.46. The molecule has 0 spiro atoms. The van der Waals surface area contributed by atoms with Gasteiger partial charge in [-0.3, -0.25) is 9.36 Å². The summed E-state index contributed by atoms with van der Waals surface area (Å²) in [6.07, 6.45) is 7.29. The van der Waals surface area contributed by atoms with E-state index in [4.69, 9.17) is 11.6 Å². The summed E-state index contributed by atoms with van der Waals surface area (Å²) in [5.74, 6) is 1.39. The van der Waals surface area contributed by atoms with Crippen molar-refractivity contribution in [2.75, 3.05) is 18.8 Å². The Morgan fingerprint density at radius 2 is 1.80 bits per heavy atom. The van der Waals surface area contributed by atoms with Crippen molar-refractivity contribution >= 4 is 29.3 Å². The summed E-state index contributed by atoms with van der Waals surface area (Å²) in [5, 5.41) is 10.3. The SMILES string of the molecule is Cn1cccc1Cc1nnc(SCC(=O)N2CCCCCC2)n1-c1ccc(Cl)cc1. The van der Waals surface area contributed by atoms with Gasteiger partial charge in [0.15, 0.2) is 5.16 Å². The van der Waals surface area contributed by atoms with Gasteiger partial charge in [-0.05, 0) is 49.2 Å². The van der Waals surface area contributed by atoms with Crippen LogP contribution in [-0.2, 0) is 18.3 Å². The fourth-order valence-electron chi connectivity index (χ4n) is 3.74. The van der Waals surface area contributed by atoms with E-state index in [0.29, 0.717) is 17.2 Å². The zero-order chi connectivity index (χ0) is 20.9. The van der Waals surface area contributed by atoms with Gasteiger partial charge in [-0.25, -0.2) is 0 Å². The molecule has 0 atom stereocenters. The van der Waals surface area contributed by atoms with Crippen molar-refractivity contribution in [1.29, 1.82) is 0 Å². The highest BCUT2D eigenvalue weighted by molar-refractivity contribution is 7.99. The number of rotatable bonds is 6. The minimum Gasteiger partial charge on any atom is -0.354 e. The summed E-state index contributed by atoms with van der Waals surface area (Å²) in [7, 11) is 2.02. The standard InChI is InChI=1S/C22H26ClN5OS/c1-26-12-6-7-19(26)15-20-24-25-22(28(20)18-10-8-17(23)9-11-18)30-16-21(29)27-13-4-2-3-5-14-27/h6-12H,2-5,13-16H2,1H3. The fraction of sp³-hybridized carbons (Fsp3) is 0.409. The molecule has 0 N–H and O–H groups in total. The molecule has 1 amide bonds. The molecule has 1 saturated heterocycles. The molecule has 1 aliphatic heterocycles. The molecule has 1 aliphatic rings. The Morgan fingerprint density at radius 1 is 1.07 bits per heavy atom. The maximum atomic E-state index is 12.8. The molecule has 0 aliphatic carbocycles. The van der Waals surface area contributed by atoms with Crippen molar-refractivity contribution in [2.45, 2.75) is 37.3 Å². The van der Waals surface area contributed by atoms with Crippen LogP contribution in [0.3, 0.4) is 0 Å². The van der Waals surface area contributed by atoms with Crippen LogP contribution >= 0.6 is 23.4 Å². The fourth-order valence-corrected chi connectivity index (χ4v) is 4.74. The van der Waals surface area contributed by atoms with Gasteiger partial charge in [-0.15, -0.1) is 10.2 Å². The van der Waals surface area contributed by atoms with Crippen LogP contribution in [0.25, 0.3) is 5.69 Å². The van der Waals surface area contributed by atoms with Crippen molar-refractivity contribution < 1.29 is 4.79 Å². The van der Waals surface area contributed by atoms with Crippen LogP contribution in [0.1, 0.15) is 37.2 Å². The number of hydrogen-bond donors (Lipinski definition) is 0. The second-order valence-corrected chi connectivity index (χ2v) is 8.96. The molecule has 158 valence electrons. The van der Waals surface area contributed by atoms with Crippen LogP contribution in [-0.4, -0.2) is 49.0 Å². The number of carbonyl (C=O) groups excluding carboxylic acids is 1. The van der Waals surface area contributed by atoms with Crippen molar-refractivity contribution in [2.24, 2.45) is 7.05 Å². The van der Waals surface area contributed by atoms with Crippen LogP contribution in [0.4, 0.5) is 0 Å². The van der Waals surface area contributed by atoms with Crippen molar-refractivity contribution in [3.05, 3.63) is 59.1 Å².